The third kappa shape index (κ3) is 6.75. The standard InChI is InChI=1S/C26H30FN5O6/c1-16(33)28-13-21-14-32(26(36)38-21)20-4-5-22(23(27)11-20)18-3-6-24(29-12-18)31-9-7-19(8-10-31)30-25(35)15-37-17(2)34/h3-6,11-12,19,21H,7-10,13-15H2,1-2H3,(H,28,33)(H,30,35)/t21-/m0/s1. The number of halogens is 1. The largest absolute Gasteiger partial charge is 0.456 e. The average Bonchev–Trinajstić information content (AvgIpc) is 3.27. The first-order chi connectivity index (χ1) is 18.2. The molecule has 0 radical (unpaired) electrons. The van der Waals surface area contributed by atoms with Crippen LogP contribution in [0.5, 0.6) is 0 Å². The van der Waals surface area contributed by atoms with E-state index >= 15 is 4.39 Å². The molecule has 1 aromatic carbocycles. The van der Waals surface area contributed by atoms with E-state index in [9.17, 15) is 19.2 Å². The number of cyclic esters (lactones) is 1. The molecule has 2 aliphatic heterocycles. The molecule has 3 heterocycles. The number of amides is 3. The maximum Gasteiger partial charge on any atom is 0.414 e. The van der Waals surface area contributed by atoms with Gasteiger partial charge in [-0.25, -0.2) is 14.2 Å². The molecule has 0 spiro atoms. The lowest BCUT2D eigenvalue weighted by molar-refractivity contribution is -0.146. The lowest BCUT2D eigenvalue weighted by Gasteiger charge is -2.33. The number of esters is 1. The number of anilines is 2. The topological polar surface area (TPSA) is 130 Å². The fraction of sp³-hybridized carbons (Fsp3) is 0.423. The summed E-state index contributed by atoms with van der Waals surface area (Å²) in [6, 6.07) is 8.14. The Morgan fingerprint density at radius 3 is 2.55 bits per heavy atom. The van der Waals surface area contributed by atoms with Crippen LogP contribution in [0, 0.1) is 5.82 Å². The van der Waals surface area contributed by atoms with Gasteiger partial charge in [0.15, 0.2) is 6.61 Å². The van der Waals surface area contributed by atoms with Gasteiger partial charge in [0.1, 0.15) is 17.7 Å². The zero-order valence-electron chi connectivity index (χ0n) is 21.2. The summed E-state index contributed by atoms with van der Waals surface area (Å²) < 4.78 is 25.0. The Balaban J connectivity index is 1.33. The number of rotatable bonds is 8. The summed E-state index contributed by atoms with van der Waals surface area (Å²) in [5.41, 5.74) is 1.32. The number of nitrogens with zero attached hydrogens (tertiary/aromatic N) is 3. The summed E-state index contributed by atoms with van der Waals surface area (Å²) in [7, 11) is 0. The van der Waals surface area contributed by atoms with E-state index in [0.717, 1.165) is 18.7 Å². The van der Waals surface area contributed by atoms with Crippen LogP contribution in [0.15, 0.2) is 36.5 Å². The molecule has 4 rings (SSSR count). The number of piperidine rings is 1. The summed E-state index contributed by atoms with van der Waals surface area (Å²) in [6.07, 6.45) is 1.94. The van der Waals surface area contributed by atoms with Crippen molar-refractivity contribution in [2.75, 3.05) is 42.6 Å². The van der Waals surface area contributed by atoms with Crippen LogP contribution in [-0.4, -0.2) is 73.8 Å². The number of carbonyl (C=O) groups excluding carboxylic acids is 4. The molecule has 0 aliphatic carbocycles. The van der Waals surface area contributed by atoms with Crippen LogP contribution in [0.4, 0.5) is 20.7 Å². The predicted octanol–water partition coefficient (Wildman–Crippen LogP) is 2.00. The first-order valence-electron chi connectivity index (χ1n) is 12.4. The quantitative estimate of drug-likeness (QED) is 0.499. The van der Waals surface area contributed by atoms with E-state index in [0.29, 0.717) is 29.9 Å². The van der Waals surface area contributed by atoms with Gasteiger partial charge in [-0.1, -0.05) is 0 Å². The van der Waals surface area contributed by atoms with E-state index in [1.165, 1.54) is 24.8 Å². The third-order valence-electron chi connectivity index (χ3n) is 6.37. The minimum Gasteiger partial charge on any atom is -0.456 e. The molecule has 3 amide bonds. The van der Waals surface area contributed by atoms with Crippen molar-refractivity contribution in [3.05, 3.63) is 42.3 Å². The Morgan fingerprint density at radius 1 is 1.16 bits per heavy atom. The van der Waals surface area contributed by atoms with Crippen LogP contribution >= 0.6 is 0 Å². The van der Waals surface area contributed by atoms with Gasteiger partial charge in [-0.3, -0.25) is 19.3 Å². The van der Waals surface area contributed by atoms with Crippen LogP contribution in [0.2, 0.25) is 0 Å². The van der Waals surface area contributed by atoms with Gasteiger partial charge < -0.3 is 25.0 Å². The Labute approximate surface area is 219 Å². The van der Waals surface area contributed by atoms with Crippen molar-refractivity contribution in [1.82, 2.24) is 15.6 Å². The monoisotopic (exact) mass is 527 g/mol. The lowest BCUT2D eigenvalue weighted by atomic mass is 10.0. The van der Waals surface area contributed by atoms with Crippen molar-refractivity contribution in [3.63, 3.8) is 0 Å². The van der Waals surface area contributed by atoms with E-state index < -0.39 is 24.0 Å². The lowest BCUT2D eigenvalue weighted by Crippen LogP contribution is -2.46. The smallest absolute Gasteiger partial charge is 0.414 e. The number of hydrogen-bond donors (Lipinski definition) is 2. The van der Waals surface area contributed by atoms with Crippen LogP contribution in [0.3, 0.4) is 0 Å². The summed E-state index contributed by atoms with van der Waals surface area (Å²) in [4.78, 5) is 54.0. The van der Waals surface area contributed by atoms with Gasteiger partial charge in [0, 0.05) is 50.3 Å². The molecular weight excluding hydrogens is 497 g/mol. The molecule has 2 saturated heterocycles. The maximum atomic E-state index is 15.0. The number of nitrogens with one attached hydrogen (secondary N) is 2. The Morgan fingerprint density at radius 2 is 1.92 bits per heavy atom. The second kappa shape index (κ2) is 11.9. The minimum atomic E-state index is -0.591. The molecule has 1 atom stereocenters. The van der Waals surface area contributed by atoms with Crippen molar-refractivity contribution in [1.29, 1.82) is 0 Å². The van der Waals surface area contributed by atoms with E-state index in [2.05, 4.69) is 20.5 Å². The summed E-state index contributed by atoms with van der Waals surface area (Å²) >= 11 is 0. The van der Waals surface area contributed by atoms with Gasteiger partial charge in [0.25, 0.3) is 5.91 Å². The van der Waals surface area contributed by atoms with Crippen LogP contribution in [-0.2, 0) is 23.9 Å². The fourth-order valence-corrected chi connectivity index (χ4v) is 4.42. The number of pyridine rings is 1. The van der Waals surface area contributed by atoms with Gasteiger partial charge in [-0.05, 0) is 43.2 Å². The molecule has 2 aromatic rings. The highest BCUT2D eigenvalue weighted by atomic mass is 19.1. The highest BCUT2D eigenvalue weighted by Crippen LogP contribution is 2.30. The number of carbonyl (C=O) groups is 4. The number of hydrogen-bond acceptors (Lipinski definition) is 8. The Bertz CT molecular complexity index is 1200. The molecule has 0 saturated carbocycles. The molecule has 38 heavy (non-hydrogen) atoms. The van der Waals surface area contributed by atoms with Crippen LogP contribution < -0.4 is 20.4 Å². The zero-order valence-corrected chi connectivity index (χ0v) is 21.2. The molecule has 2 N–H and O–H groups in total. The van der Waals surface area contributed by atoms with Crippen LogP contribution in [0.25, 0.3) is 11.1 Å². The molecule has 11 nitrogen and oxygen atoms in total. The predicted molar refractivity (Wildman–Crippen MR) is 136 cm³/mol. The van der Waals surface area contributed by atoms with E-state index in [-0.39, 0.29) is 37.6 Å². The van der Waals surface area contributed by atoms with Gasteiger partial charge >= 0.3 is 12.1 Å². The zero-order chi connectivity index (χ0) is 27.2. The van der Waals surface area contributed by atoms with Crippen molar-refractivity contribution >= 4 is 35.4 Å². The maximum absolute atomic E-state index is 15.0. The van der Waals surface area contributed by atoms with Gasteiger partial charge in [0.2, 0.25) is 5.91 Å². The van der Waals surface area contributed by atoms with Gasteiger partial charge in [0.05, 0.1) is 18.8 Å². The molecule has 2 fully saturated rings. The fourth-order valence-electron chi connectivity index (χ4n) is 4.42. The number of ether oxygens (including phenoxy) is 2. The molecular formula is C26H30FN5O6. The van der Waals surface area contributed by atoms with Gasteiger partial charge in [-0.15, -0.1) is 0 Å². The van der Waals surface area contributed by atoms with Gasteiger partial charge in [-0.2, -0.15) is 0 Å². The first-order valence-corrected chi connectivity index (χ1v) is 12.4. The number of benzene rings is 1. The average molecular weight is 528 g/mol. The molecule has 2 aliphatic rings. The second-order valence-corrected chi connectivity index (χ2v) is 9.23. The van der Waals surface area contributed by atoms with E-state index in [1.54, 1.807) is 24.4 Å². The van der Waals surface area contributed by atoms with E-state index in [4.69, 9.17) is 9.47 Å². The van der Waals surface area contributed by atoms with Crippen molar-refractivity contribution < 1.29 is 33.0 Å². The summed E-state index contributed by atoms with van der Waals surface area (Å²) in [6.45, 7) is 4.12. The highest BCUT2D eigenvalue weighted by Gasteiger charge is 2.32. The normalized spacial score (nSPS) is 17.7. The minimum absolute atomic E-state index is 0.00485. The molecule has 202 valence electrons. The van der Waals surface area contributed by atoms with Crippen LogP contribution in [0.1, 0.15) is 26.7 Å². The second-order valence-electron chi connectivity index (χ2n) is 9.23. The van der Waals surface area contributed by atoms with E-state index in [1.807, 2.05) is 6.07 Å². The highest BCUT2D eigenvalue weighted by molar-refractivity contribution is 5.90. The molecule has 1 aromatic heterocycles. The SMILES string of the molecule is CC(=O)NC[C@H]1CN(c2ccc(-c3ccc(N4CCC(NC(=O)COC(C)=O)CC4)nc3)c(F)c2)C(=O)O1. The number of aromatic nitrogens is 1. The molecule has 0 bridgehead atoms. The first kappa shape index (κ1) is 26.8. The summed E-state index contributed by atoms with van der Waals surface area (Å²) in [5.74, 6) is -0.785. The third-order valence-corrected chi connectivity index (χ3v) is 6.37. The van der Waals surface area contributed by atoms with Crippen molar-refractivity contribution in [3.8, 4) is 11.1 Å². The molecule has 0 unspecified atom stereocenters. The summed E-state index contributed by atoms with van der Waals surface area (Å²) in [5, 5.41) is 5.48. The Kier molecular flexibility index (Phi) is 8.39. The Hall–Kier alpha value is -4.22. The molecule has 12 heteroatoms. The van der Waals surface area contributed by atoms with Crippen molar-refractivity contribution in [2.24, 2.45) is 0 Å². The van der Waals surface area contributed by atoms with Crippen molar-refractivity contribution in [2.45, 2.75) is 38.8 Å².